The fourth-order valence-electron chi connectivity index (χ4n) is 0.945. The number of carboxylic acids is 1. The molecular formula is C8H12N2O5S2. The maximum Gasteiger partial charge on any atom is 0.356 e. The second-order valence-electron chi connectivity index (χ2n) is 3.19. The number of nitrogens with zero attached hydrogens (tertiary/aromatic N) is 1. The lowest BCUT2D eigenvalue weighted by atomic mass is 10.4. The molecule has 17 heavy (non-hydrogen) atoms. The van der Waals surface area contributed by atoms with Crippen molar-refractivity contribution in [1.29, 1.82) is 0 Å². The molecule has 1 aromatic heterocycles. The Morgan fingerprint density at radius 1 is 1.71 bits per heavy atom. The minimum absolute atomic E-state index is 0.0653. The zero-order valence-corrected chi connectivity index (χ0v) is 10.8. The molecule has 0 aliphatic rings. The van der Waals surface area contributed by atoms with Gasteiger partial charge in [0.05, 0.1) is 11.6 Å². The predicted molar refractivity (Wildman–Crippen MR) is 60.7 cm³/mol. The lowest BCUT2D eigenvalue weighted by Crippen LogP contribution is -2.32. The Morgan fingerprint density at radius 2 is 2.35 bits per heavy atom. The molecule has 1 atom stereocenters. The third kappa shape index (κ3) is 3.46. The Labute approximate surface area is 102 Å². The molecule has 9 heteroatoms. The van der Waals surface area contributed by atoms with Crippen LogP contribution in [-0.4, -0.2) is 44.2 Å². The van der Waals surface area contributed by atoms with Crippen molar-refractivity contribution >= 4 is 27.3 Å². The molecule has 0 aliphatic carbocycles. The predicted octanol–water partition coefficient (Wildman–Crippen LogP) is 0.155. The number of nitrogens with one attached hydrogen (secondary N) is 1. The van der Waals surface area contributed by atoms with Gasteiger partial charge in [-0.3, -0.25) is 0 Å². The number of rotatable bonds is 6. The Hall–Kier alpha value is -1.03. The second-order valence-corrected chi connectivity index (χ2v) is 6.01. The van der Waals surface area contributed by atoms with E-state index in [1.807, 2.05) is 0 Å². The van der Waals surface area contributed by atoms with Crippen molar-refractivity contribution in [1.82, 2.24) is 9.71 Å². The van der Waals surface area contributed by atoms with Crippen LogP contribution in [0.3, 0.4) is 0 Å². The van der Waals surface area contributed by atoms with Gasteiger partial charge in [-0.15, -0.1) is 11.3 Å². The zero-order valence-electron chi connectivity index (χ0n) is 9.21. The summed E-state index contributed by atoms with van der Waals surface area (Å²) >= 11 is 0.761. The standard InChI is InChI=1S/C8H12N2O5S2/c1-5(15-2)3-10-17(13,14)8-6(7(11)12)9-4-16-8/h4-5,10H,3H2,1-2H3,(H,11,12). The molecule has 0 amide bonds. The summed E-state index contributed by atoms with van der Waals surface area (Å²) in [4.78, 5) is 14.2. The van der Waals surface area contributed by atoms with Crippen molar-refractivity contribution < 1.29 is 23.1 Å². The number of aromatic carboxylic acids is 1. The van der Waals surface area contributed by atoms with E-state index in [0.29, 0.717) is 0 Å². The maximum atomic E-state index is 11.8. The van der Waals surface area contributed by atoms with E-state index in [0.717, 1.165) is 11.3 Å². The molecule has 0 fully saturated rings. The normalized spacial score (nSPS) is 13.5. The SMILES string of the molecule is COC(C)CNS(=O)(=O)c1scnc1C(=O)O. The number of hydrogen-bond donors (Lipinski definition) is 2. The van der Waals surface area contributed by atoms with Gasteiger partial charge in [-0.25, -0.2) is 22.9 Å². The minimum atomic E-state index is -3.85. The van der Waals surface area contributed by atoms with Crippen LogP contribution in [0.5, 0.6) is 0 Å². The third-order valence-electron chi connectivity index (χ3n) is 1.94. The van der Waals surface area contributed by atoms with E-state index in [4.69, 9.17) is 9.84 Å². The van der Waals surface area contributed by atoms with Crippen LogP contribution in [0.15, 0.2) is 9.72 Å². The van der Waals surface area contributed by atoms with Crippen LogP contribution in [0, 0.1) is 0 Å². The molecule has 1 rings (SSSR count). The van der Waals surface area contributed by atoms with Crippen molar-refractivity contribution in [2.45, 2.75) is 17.2 Å². The van der Waals surface area contributed by atoms with E-state index in [1.54, 1.807) is 6.92 Å². The second kappa shape index (κ2) is 5.54. The van der Waals surface area contributed by atoms with E-state index in [9.17, 15) is 13.2 Å². The number of hydrogen-bond acceptors (Lipinski definition) is 6. The first-order valence-electron chi connectivity index (χ1n) is 4.57. The number of thiazole rings is 1. The Morgan fingerprint density at radius 3 is 2.88 bits per heavy atom. The number of sulfonamides is 1. The van der Waals surface area contributed by atoms with Gasteiger partial charge in [0.25, 0.3) is 10.0 Å². The molecule has 96 valence electrons. The van der Waals surface area contributed by atoms with Gasteiger partial charge in [-0.2, -0.15) is 0 Å². The van der Waals surface area contributed by atoms with Gasteiger partial charge in [0.1, 0.15) is 0 Å². The highest BCUT2D eigenvalue weighted by molar-refractivity contribution is 7.91. The van der Waals surface area contributed by atoms with Crippen molar-refractivity contribution in [2.75, 3.05) is 13.7 Å². The summed E-state index contributed by atoms with van der Waals surface area (Å²) in [6.45, 7) is 1.75. The molecular weight excluding hydrogens is 268 g/mol. The molecule has 1 unspecified atom stereocenters. The number of ether oxygens (including phenoxy) is 1. The van der Waals surface area contributed by atoms with Gasteiger partial charge in [-0.1, -0.05) is 0 Å². The van der Waals surface area contributed by atoms with Gasteiger partial charge >= 0.3 is 5.97 Å². The van der Waals surface area contributed by atoms with Crippen LogP contribution in [0.25, 0.3) is 0 Å². The fourth-order valence-corrected chi connectivity index (χ4v) is 3.24. The zero-order chi connectivity index (χ0) is 13.1. The third-order valence-corrected chi connectivity index (χ3v) is 4.74. The van der Waals surface area contributed by atoms with Gasteiger partial charge in [0.2, 0.25) is 0 Å². The fraction of sp³-hybridized carbons (Fsp3) is 0.500. The topological polar surface area (TPSA) is 106 Å². The first kappa shape index (κ1) is 14.0. The Bertz CT molecular complexity index is 496. The molecule has 1 heterocycles. The summed E-state index contributed by atoms with van der Waals surface area (Å²) in [6.07, 6.45) is -0.300. The summed E-state index contributed by atoms with van der Waals surface area (Å²) in [7, 11) is -2.40. The van der Waals surface area contributed by atoms with Gasteiger partial charge in [0, 0.05) is 13.7 Å². The summed E-state index contributed by atoms with van der Waals surface area (Å²) in [5, 5.41) is 8.77. The summed E-state index contributed by atoms with van der Waals surface area (Å²) < 4.78 is 30.4. The summed E-state index contributed by atoms with van der Waals surface area (Å²) in [5.74, 6) is -1.37. The van der Waals surface area contributed by atoms with Crippen LogP contribution in [0.1, 0.15) is 17.4 Å². The van der Waals surface area contributed by atoms with E-state index in [1.165, 1.54) is 12.6 Å². The molecule has 0 aromatic carbocycles. The average molecular weight is 280 g/mol. The first-order chi connectivity index (χ1) is 7.88. The van der Waals surface area contributed by atoms with Crippen molar-refractivity contribution in [3.63, 3.8) is 0 Å². The van der Waals surface area contributed by atoms with E-state index in [-0.39, 0.29) is 16.9 Å². The number of carbonyl (C=O) groups is 1. The largest absolute Gasteiger partial charge is 0.476 e. The average Bonchev–Trinajstić information content (AvgIpc) is 2.75. The monoisotopic (exact) mass is 280 g/mol. The molecule has 2 N–H and O–H groups in total. The highest BCUT2D eigenvalue weighted by atomic mass is 32.2. The quantitative estimate of drug-likeness (QED) is 0.768. The molecule has 0 saturated heterocycles. The van der Waals surface area contributed by atoms with Crippen LogP contribution in [0.4, 0.5) is 0 Å². The summed E-state index contributed by atoms with van der Waals surface area (Å²) in [6, 6.07) is 0. The van der Waals surface area contributed by atoms with Gasteiger partial charge < -0.3 is 9.84 Å². The van der Waals surface area contributed by atoms with E-state index < -0.39 is 21.7 Å². The van der Waals surface area contributed by atoms with E-state index in [2.05, 4.69) is 9.71 Å². The van der Waals surface area contributed by atoms with Gasteiger partial charge in [0.15, 0.2) is 9.90 Å². The first-order valence-corrected chi connectivity index (χ1v) is 6.94. The molecule has 0 spiro atoms. The lowest BCUT2D eigenvalue weighted by molar-refractivity contribution is 0.0687. The Balaban J connectivity index is 2.90. The molecule has 1 aromatic rings. The van der Waals surface area contributed by atoms with Crippen molar-refractivity contribution in [2.24, 2.45) is 0 Å². The number of aromatic nitrogens is 1. The number of methoxy groups -OCH3 is 1. The highest BCUT2D eigenvalue weighted by Gasteiger charge is 2.25. The van der Waals surface area contributed by atoms with Gasteiger partial charge in [-0.05, 0) is 6.92 Å². The lowest BCUT2D eigenvalue weighted by Gasteiger charge is -2.10. The summed E-state index contributed by atoms with van der Waals surface area (Å²) in [5.41, 5.74) is 0.713. The van der Waals surface area contributed by atoms with Crippen LogP contribution >= 0.6 is 11.3 Å². The van der Waals surface area contributed by atoms with E-state index >= 15 is 0 Å². The van der Waals surface area contributed by atoms with Crippen LogP contribution in [-0.2, 0) is 14.8 Å². The molecule has 7 nitrogen and oxygen atoms in total. The molecule has 0 aliphatic heterocycles. The smallest absolute Gasteiger partial charge is 0.356 e. The minimum Gasteiger partial charge on any atom is -0.476 e. The molecule has 0 saturated carbocycles. The highest BCUT2D eigenvalue weighted by Crippen LogP contribution is 2.19. The van der Waals surface area contributed by atoms with Crippen LogP contribution in [0.2, 0.25) is 0 Å². The maximum absolute atomic E-state index is 11.8. The Kier molecular flexibility index (Phi) is 4.57. The van der Waals surface area contributed by atoms with Crippen molar-refractivity contribution in [3.8, 4) is 0 Å². The molecule has 0 radical (unpaired) electrons. The van der Waals surface area contributed by atoms with Crippen molar-refractivity contribution in [3.05, 3.63) is 11.2 Å². The van der Waals surface area contributed by atoms with Crippen LogP contribution < -0.4 is 4.72 Å². The number of carboxylic acid groups (broad SMARTS) is 1. The molecule has 0 bridgehead atoms.